The van der Waals surface area contributed by atoms with E-state index < -0.39 is 0 Å². The van der Waals surface area contributed by atoms with E-state index in [2.05, 4.69) is 39.6 Å². The zero-order valence-corrected chi connectivity index (χ0v) is 18.5. The summed E-state index contributed by atoms with van der Waals surface area (Å²) in [6.45, 7) is 5.67. The molecule has 31 heavy (non-hydrogen) atoms. The van der Waals surface area contributed by atoms with E-state index in [0.29, 0.717) is 12.5 Å². The molecule has 2 heterocycles. The van der Waals surface area contributed by atoms with Gasteiger partial charge in [-0.1, -0.05) is 24.3 Å². The van der Waals surface area contributed by atoms with Crippen molar-refractivity contribution < 1.29 is 9.53 Å². The number of carbonyl (C=O) groups excluding carboxylic acids is 1. The lowest BCUT2D eigenvalue weighted by Gasteiger charge is -2.44. The molecule has 5 atom stereocenters. The first-order valence-corrected chi connectivity index (χ1v) is 11.9. The summed E-state index contributed by atoms with van der Waals surface area (Å²) in [6.07, 6.45) is 9.44. The summed E-state index contributed by atoms with van der Waals surface area (Å²) in [5.74, 6) is 0.890. The number of carbonyl (C=O) groups is 1. The maximum atomic E-state index is 13.1. The molecule has 1 aliphatic heterocycles. The van der Waals surface area contributed by atoms with Gasteiger partial charge in [-0.25, -0.2) is 0 Å². The topological polar surface area (TPSA) is 59.4 Å². The number of rotatable bonds is 7. The van der Waals surface area contributed by atoms with Crippen LogP contribution in [0, 0.1) is 5.92 Å². The first-order valence-electron chi connectivity index (χ1n) is 11.9. The molecule has 6 heteroatoms. The van der Waals surface area contributed by atoms with Crippen LogP contribution in [-0.2, 0) is 16.0 Å². The van der Waals surface area contributed by atoms with E-state index in [0.717, 1.165) is 32.5 Å². The molecular weight excluding hydrogens is 388 g/mol. The van der Waals surface area contributed by atoms with Crippen LogP contribution in [0.25, 0.3) is 0 Å². The van der Waals surface area contributed by atoms with Gasteiger partial charge in [-0.15, -0.1) is 0 Å². The van der Waals surface area contributed by atoms with Crippen molar-refractivity contribution in [2.75, 3.05) is 26.2 Å². The summed E-state index contributed by atoms with van der Waals surface area (Å²) < 4.78 is 7.80. The number of aryl methyl sites for hydroxylation is 1. The Hall–Kier alpha value is -2.18. The lowest BCUT2D eigenvalue weighted by molar-refractivity contribution is -0.129. The molecule has 2 aliphatic carbocycles. The Balaban J connectivity index is 1.16. The van der Waals surface area contributed by atoms with Crippen molar-refractivity contribution in [3.63, 3.8) is 0 Å². The van der Waals surface area contributed by atoms with Crippen LogP contribution in [-0.4, -0.2) is 59.0 Å². The van der Waals surface area contributed by atoms with E-state index >= 15 is 0 Å². The highest BCUT2D eigenvalue weighted by molar-refractivity contribution is 5.79. The van der Waals surface area contributed by atoms with Crippen molar-refractivity contribution in [3.8, 4) is 0 Å². The lowest BCUT2D eigenvalue weighted by atomic mass is 9.82. The Morgan fingerprint density at radius 3 is 3.00 bits per heavy atom. The fourth-order valence-corrected chi connectivity index (χ4v) is 5.80. The molecule has 1 N–H and O–H groups in total. The number of hydrogen-bond acceptors (Lipinski definition) is 4. The number of hydrogen-bond donors (Lipinski definition) is 1. The Labute approximate surface area is 185 Å². The van der Waals surface area contributed by atoms with E-state index in [4.69, 9.17) is 4.74 Å². The van der Waals surface area contributed by atoms with Gasteiger partial charge in [-0.05, 0) is 68.7 Å². The first-order chi connectivity index (χ1) is 15.2. The molecule has 3 aliphatic rings. The maximum Gasteiger partial charge on any atom is 0.224 e. The minimum absolute atomic E-state index is 0.0863. The van der Waals surface area contributed by atoms with Crippen molar-refractivity contribution in [1.82, 2.24) is 20.0 Å². The summed E-state index contributed by atoms with van der Waals surface area (Å²) in [4.78, 5) is 15.6. The molecule has 0 radical (unpaired) electrons. The van der Waals surface area contributed by atoms with E-state index in [9.17, 15) is 4.79 Å². The Kier molecular flexibility index (Phi) is 6.10. The van der Waals surface area contributed by atoms with E-state index in [1.807, 2.05) is 23.9 Å². The molecule has 1 aromatic carbocycles. The molecule has 0 spiro atoms. The fourth-order valence-electron chi connectivity index (χ4n) is 5.80. The van der Waals surface area contributed by atoms with Crippen LogP contribution in [0.15, 0.2) is 42.7 Å². The first kappa shape index (κ1) is 20.7. The highest BCUT2D eigenvalue weighted by Gasteiger charge is 2.45. The smallest absolute Gasteiger partial charge is 0.224 e. The molecule has 2 aromatic rings. The molecule has 1 saturated heterocycles. The van der Waals surface area contributed by atoms with Gasteiger partial charge in [0.25, 0.3) is 0 Å². The predicted molar refractivity (Wildman–Crippen MR) is 120 cm³/mol. The molecule has 1 amide bonds. The van der Waals surface area contributed by atoms with Gasteiger partial charge in [0, 0.05) is 32.1 Å². The number of amides is 1. The van der Waals surface area contributed by atoms with Crippen LogP contribution < -0.4 is 5.32 Å². The summed E-state index contributed by atoms with van der Waals surface area (Å²) in [6, 6.07) is 11.0. The standard InChI is InChI=1S/C25H34N4O2/c1-2-31-23-15-22(24(23)29-13-6-12-26-29)27-25(30)20-11-14-28(17-20)16-19-9-5-8-18-7-3-4-10-21(18)19/h3-4,6-7,10,12-13,19-20,22-24H,2,5,8-9,11,14-17H2,1H3,(H,27,30). The van der Waals surface area contributed by atoms with Gasteiger partial charge in [0.15, 0.2) is 0 Å². The van der Waals surface area contributed by atoms with E-state index in [-0.39, 0.29) is 30.0 Å². The third kappa shape index (κ3) is 4.28. The second kappa shape index (κ2) is 9.13. The van der Waals surface area contributed by atoms with Crippen LogP contribution in [0.1, 0.15) is 55.7 Å². The second-order valence-electron chi connectivity index (χ2n) is 9.35. The molecule has 5 unspecified atom stereocenters. The molecule has 1 aromatic heterocycles. The highest BCUT2D eigenvalue weighted by Crippen LogP contribution is 2.36. The van der Waals surface area contributed by atoms with Crippen molar-refractivity contribution in [2.45, 2.75) is 63.1 Å². The molecule has 0 bridgehead atoms. The van der Waals surface area contributed by atoms with Crippen LogP contribution in [0.5, 0.6) is 0 Å². The second-order valence-corrected chi connectivity index (χ2v) is 9.35. The van der Waals surface area contributed by atoms with Crippen molar-refractivity contribution in [2.24, 2.45) is 5.92 Å². The van der Waals surface area contributed by atoms with Crippen LogP contribution in [0.3, 0.4) is 0 Å². The fraction of sp³-hybridized carbons (Fsp3) is 0.600. The Morgan fingerprint density at radius 1 is 1.26 bits per heavy atom. The number of likely N-dealkylation sites (tertiary alicyclic amines) is 1. The van der Waals surface area contributed by atoms with Crippen molar-refractivity contribution >= 4 is 5.91 Å². The van der Waals surface area contributed by atoms with Crippen LogP contribution >= 0.6 is 0 Å². The highest BCUT2D eigenvalue weighted by atomic mass is 16.5. The van der Waals surface area contributed by atoms with Gasteiger partial charge in [-0.2, -0.15) is 5.10 Å². The molecule has 5 rings (SSSR count). The SMILES string of the molecule is CCOC1CC(NC(=O)C2CCN(CC3CCCc4ccccc43)C2)C1n1cccn1. The van der Waals surface area contributed by atoms with Crippen molar-refractivity contribution in [1.29, 1.82) is 0 Å². The third-order valence-electron chi connectivity index (χ3n) is 7.43. The Bertz CT molecular complexity index is 883. The minimum atomic E-state index is 0.0863. The van der Waals surface area contributed by atoms with E-state index in [1.165, 1.54) is 30.4 Å². The number of benzene rings is 1. The number of fused-ring (bicyclic) bond motifs is 1. The average Bonchev–Trinajstić information content (AvgIpc) is 3.45. The summed E-state index contributed by atoms with van der Waals surface area (Å²) in [5, 5.41) is 7.72. The van der Waals surface area contributed by atoms with Gasteiger partial charge < -0.3 is 15.0 Å². The largest absolute Gasteiger partial charge is 0.376 e. The maximum absolute atomic E-state index is 13.1. The molecule has 166 valence electrons. The predicted octanol–water partition coefficient (Wildman–Crippen LogP) is 3.16. The Morgan fingerprint density at radius 2 is 2.16 bits per heavy atom. The zero-order valence-electron chi connectivity index (χ0n) is 18.5. The van der Waals surface area contributed by atoms with Gasteiger partial charge >= 0.3 is 0 Å². The molecular formula is C25H34N4O2. The zero-order chi connectivity index (χ0) is 21.2. The van der Waals surface area contributed by atoms with E-state index in [1.54, 1.807) is 6.20 Å². The number of ether oxygens (including phenoxy) is 1. The number of aromatic nitrogens is 2. The number of nitrogens with zero attached hydrogens (tertiary/aromatic N) is 3. The van der Waals surface area contributed by atoms with Gasteiger partial charge in [0.2, 0.25) is 5.91 Å². The van der Waals surface area contributed by atoms with Gasteiger partial charge in [0.1, 0.15) is 0 Å². The normalized spacial score (nSPS) is 30.5. The average molecular weight is 423 g/mol. The van der Waals surface area contributed by atoms with Gasteiger partial charge in [-0.3, -0.25) is 9.48 Å². The van der Waals surface area contributed by atoms with Crippen LogP contribution in [0.2, 0.25) is 0 Å². The molecule has 6 nitrogen and oxygen atoms in total. The van der Waals surface area contributed by atoms with Crippen LogP contribution in [0.4, 0.5) is 0 Å². The lowest BCUT2D eigenvalue weighted by Crippen LogP contribution is -2.58. The summed E-state index contributed by atoms with van der Waals surface area (Å²) in [7, 11) is 0. The quantitative estimate of drug-likeness (QED) is 0.745. The number of nitrogens with one attached hydrogen (secondary N) is 1. The third-order valence-corrected chi connectivity index (χ3v) is 7.43. The minimum Gasteiger partial charge on any atom is -0.376 e. The summed E-state index contributed by atoms with van der Waals surface area (Å²) >= 11 is 0. The van der Waals surface area contributed by atoms with Crippen molar-refractivity contribution in [3.05, 3.63) is 53.9 Å². The molecule has 2 fully saturated rings. The monoisotopic (exact) mass is 422 g/mol. The van der Waals surface area contributed by atoms with Gasteiger partial charge in [0.05, 0.1) is 24.1 Å². The summed E-state index contributed by atoms with van der Waals surface area (Å²) in [5.41, 5.74) is 3.05. The molecule has 1 saturated carbocycles.